The second-order valence-electron chi connectivity index (χ2n) is 20.1. The molecule has 0 radical (unpaired) electrons. The first-order valence-electron chi connectivity index (χ1n) is 26.5. The number of ketones is 1. The third-order valence-electron chi connectivity index (χ3n) is 16.1. The predicted molar refractivity (Wildman–Crippen MR) is 289 cm³/mol. The number of carbonyl (C=O) groups excluding carboxylic acids is 1. The molecule has 0 amide bonds. The molecule has 2 aliphatic rings. The summed E-state index contributed by atoms with van der Waals surface area (Å²) in [5.41, 5.74) is -2.40. The SMILES string of the molecule is CCCCC(CC)n1c(=O)c2cc3c(=O)n(CCN(CC)c4ccc(C5=C([O-])C(C6C=CC([NH+](CC)CCn7c(=O)c8cc9c(=O)n(C(CC)CCCC)c(=O)c9cc8c7=O)C=C6)C5=O)cc4)c(=O)c3cc2c1=O. The molecule has 4 atom stereocenters. The molecular weight excluding hydrogens is 941 g/mol. The summed E-state index contributed by atoms with van der Waals surface area (Å²) in [6, 6.07) is 12.0. The van der Waals surface area contributed by atoms with Crippen LogP contribution >= 0.6 is 0 Å². The standard InChI is InChI=1S/C58H64N6O10/c1-7-13-15-35(9-3)63-55(71)43-29-39-40(30-44(43)56(63)72)52(68)61(51(39)67)27-25-59(11-5)37-21-17-33(18-22-37)47-49(65)48(50(47)66)34-19-23-38(24-20-34)60(12-6)26-28-62-53(69)41-31-45-46(32-42(41)54(62)70)58(74)64(57(45)73)36(10-4)16-14-8-2/h17-24,29-33,35-37,47,65H,7-16,25-28H2,1-6H3. The van der Waals surface area contributed by atoms with Gasteiger partial charge in [-0.25, -0.2) is 0 Å². The number of likely N-dealkylation sites (N-methyl/N-ethyl adjacent to an activating group) is 2. The molecule has 386 valence electrons. The number of quaternary nitrogens is 1. The number of anilines is 1. The van der Waals surface area contributed by atoms with Crippen molar-refractivity contribution in [3.05, 3.63) is 167 Å². The summed E-state index contributed by atoms with van der Waals surface area (Å²) in [6.07, 6.45) is 13.8. The van der Waals surface area contributed by atoms with Crippen LogP contribution in [0.2, 0.25) is 0 Å². The van der Waals surface area contributed by atoms with Gasteiger partial charge in [0.2, 0.25) is 0 Å². The lowest BCUT2D eigenvalue weighted by atomic mass is 9.71. The van der Waals surface area contributed by atoms with Gasteiger partial charge >= 0.3 is 0 Å². The van der Waals surface area contributed by atoms with Crippen LogP contribution in [0.15, 0.2) is 117 Å². The van der Waals surface area contributed by atoms with Crippen LogP contribution in [0.25, 0.3) is 48.7 Å². The minimum atomic E-state index is -0.861. The Hall–Kier alpha value is -7.33. The second-order valence-corrected chi connectivity index (χ2v) is 20.1. The highest BCUT2D eigenvalue weighted by molar-refractivity contribution is 6.29. The number of nitrogens with one attached hydrogen (secondary N) is 1. The van der Waals surface area contributed by atoms with Crippen molar-refractivity contribution >= 4 is 60.1 Å². The van der Waals surface area contributed by atoms with E-state index in [1.54, 1.807) is 24.3 Å². The summed E-state index contributed by atoms with van der Waals surface area (Å²) in [5, 5.41) is 14.7. The molecular formula is C58H64N6O10. The number of Topliss-reactive ketones (excluding diaryl/α,β-unsaturated/α-hetero) is 1. The van der Waals surface area contributed by atoms with Crippen LogP contribution in [0.4, 0.5) is 5.69 Å². The van der Waals surface area contributed by atoms with Gasteiger partial charge in [-0.05, 0) is 93.6 Å². The fourth-order valence-electron chi connectivity index (χ4n) is 11.7. The number of hydrogen-bond acceptors (Lipinski definition) is 11. The maximum absolute atomic E-state index is 13.7. The highest BCUT2D eigenvalue weighted by Gasteiger charge is 2.39. The highest BCUT2D eigenvalue weighted by Crippen LogP contribution is 2.41. The van der Waals surface area contributed by atoms with Crippen LogP contribution in [0.1, 0.15) is 111 Å². The lowest BCUT2D eigenvalue weighted by Gasteiger charge is -2.40. The Kier molecular flexibility index (Phi) is 14.6. The van der Waals surface area contributed by atoms with Crippen molar-refractivity contribution in [3.63, 3.8) is 0 Å². The average molecular weight is 1010 g/mol. The van der Waals surface area contributed by atoms with Crippen LogP contribution < -0.4 is 59.4 Å². The molecule has 0 spiro atoms. The van der Waals surface area contributed by atoms with Gasteiger partial charge in [-0.2, -0.15) is 0 Å². The highest BCUT2D eigenvalue weighted by atomic mass is 16.3. The molecule has 4 unspecified atom stereocenters. The molecule has 0 bridgehead atoms. The summed E-state index contributed by atoms with van der Waals surface area (Å²) in [5.74, 6) is -1.81. The van der Waals surface area contributed by atoms with Gasteiger partial charge in [0, 0.05) is 54.8 Å². The van der Waals surface area contributed by atoms with Crippen molar-refractivity contribution in [2.24, 2.45) is 11.8 Å². The summed E-state index contributed by atoms with van der Waals surface area (Å²) >= 11 is 0. The third kappa shape index (κ3) is 8.59. The number of rotatable bonds is 22. The molecule has 3 aromatic carbocycles. The maximum Gasteiger partial charge on any atom is 0.261 e. The van der Waals surface area contributed by atoms with Gasteiger partial charge in [-0.15, -0.1) is 5.76 Å². The zero-order valence-electron chi connectivity index (χ0n) is 43.0. The third-order valence-corrected chi connectivity index (χ3v) is 16.1. The van der Waals surface area contributed by atoms with Gasteiger partial charge < -0.3 is 14.9 Å². The van der Waals surface area contributed by atoms with Crippen LogP contribution in [0.5, 0.6) is 0 Å². The van der Waals surface area contributed by atoms with Crippen molar-refractivity contribution in [1.82, 2.24) is 18.3 Å². The van der Waals surface area contributed by atoms with Crippen LogP contribution in [0, 0.1) is 11.8 Å². The first kappa shape index (κ1) is 51.6. The van der Waals surface area contributed by atoms with Crippen LogP contribution in [-0.2, 0) is 17.9 Å². The van der Waals surface area contributed by atoms with Crippen molar-refractivity contribution in [1.29, 1.82) is 0 Å². The number of aromatic nitrogens is 4. The Morgan fingerprint density at radius 3 is 1.35 bits per heavy atom. The zero-order valence-corrected chi connectivity index (χ0v) is 43.0. The van der Waals surface area contributed by atoms with E-state index in [2.05, 4.69) is 0 Å². The van der Waals surface area contributed by atoms with Gasteiger partial charge in [0.1, 0.15) is 6.04 Å². The monoisotopic (exact) mass is 1000 g/mol. The Morgan fingerprint density at radius 2 is 0.973 bits per heavy atom. The van der Waals surface area contributed by atoms with E-state index in [0.717, 1.165) is 40.8 Å². The molecule has 2 aliphatic carbocycles. The fraction of sp³-hybridized carbons (Fsp3) is 0.431. The van der Waals surface area contributed by atoms with Gasteiger partial charge in [0.25, 0.3) is 44.5 Å². The fourth-order valence-corrected chi connectivity index (χ4v) is 11.7. The average Bonchev–Trinajstić information content (AvgIpc) is 3.99. The summed E-state index contributed by atoms with van der Waals surface area (Å²) < 4.78 is 4.89. The Labute approximate surface area is 425 Å². The normalized spacial score (nSPS) is 18.1. The zero-order chi connectivity index (χ0) is 52.9. The van der Waals surface area contributed by atoms with E-state index in [0.29, 0.717) is 50.9 Å². The topological polar surface area (TPSA) is 204 Å². The minimum absolute atomic E-state index is 0.0482. The van der Waals surface area contributed by atoms with E-state index in [4.69, 9.17) is 0 Å². The quantitative estimate of drug-likeness (QED) is 0.0964. The van der Waals surface area contributed by atoms with E-state index in [1.807, 2.05) is 70.7 Å². The van der Waals surface area contributed by atoms with Crippen LogP contribution in [-0.4, -0.2) is 56.3 Å². The van der Waals surface area contributed by atoms with E-state index < -0.39 is 56.3 Å². The molecule has 9 rings (SSSR count). The largest absolute Gasteiger partial charge is 0.874 e. The van der Waals surface area contributed by atoms with Gasteiger partial charge in [0.05, 0.1) is 62.7 Å². The molecule has 16 nitrogen and oxygen atoms in total. The Morgan fingerprint density at radius 1 is 0.554 bits per heavy atom. The van der Waals surface area contributed by atoms with Crippen molar-refractivity contribution < 1.29 is 14.8 Å². The molecule has 74 heavy (non-hydrogen) atoms. The summed E-state index contributed by atoms with van der Waals surface area (Å²) in [7, 11) is 0. The van der Waals surface area contributed by atoms with E-state index >= 15 is 0 Å². The van der Waals surface area contributed by atoms with E-state index in [-0.39, 0.29) is 98.0 Å². The Balaban J connectivity index is 0.842. The molecule has 1 N–H and O–H groups in total. The maximum atomic E-state index is 13.7. The number of fused-ring (bicyclic) bond motifs is 4. The molecule has 0 saturated carbocycles. The summed E-state index contributed by atoms with van der Waals surface area (Å²) in [4.78, 5) is 125. The first-order chi connectivity index (χ1) is 35.6. The lowest BCUT2D eigenvalue weighted by Crippen LogP contribution is -3.15. The van der Waals surface area contributed by atoms with Crippen LogP contribution in [0.3, 0.4) is 0 Å². The van der Waals surface area contributed by atoms with Gasteiger partial charge in [0.15, 0.2) is 5.78 Å². The first-order valence-corrected chi connectivity index (χ1v) is 26.5. The van der Waals surface area contributed by atoms with Crippen molar-refractivity contribution in [2.75, 3.05) is 31.1 Å². The number of carbonyl (C=O) groups is 1. The molecule has 7 aromatic rings. The number of unbranched alkanes of at least 4 members (excludes halogenated alkanes) is 2. The molecule has 16 heteroatoms. The van der Waals surface area contributed by atoms with Crippen molar-refractivity contribution in [2.45, 2.75) is 124 Å². The molecule has 0 aliphatic heterocycles. The summed E-state index contributed by atoms with van der Waals surface area (Å²) in [6.45, 7) is 13.9. The predicted octanol–water partition coefficient (Wildman–Crippen LogP) is 3.93. The van der Waals surface area contributed by atoms with E-state index in [1.165, 1.54) is 38.0 Å². The smallest absolute Gasteiger partial charge is 0.261 e. The molecule has 4 aromatic heterocycles. The Bertz CT molecular complexity index is 3700. The van der Waals surface area contributed by atoms with E-state index in [9.17, 15) is 48.3 Å². The number of nitrogens with zero attached hydrogens (tertiary/aromatic N) is 5. The molecule has 0 saturated heterocycles. The lowest BCUT2D eigenvalue weighted by molar-refractivity contribution is -0.911. The second kappa shape index (κ2) is 20.9. The number of hydrogen-bond donors (Lipinski definition) is 1. The molecule has 0 fully saturated rings. The minimum Gasteiger partial charge on any atom is -0.874 e. The van der Waals surface area contributed by atoms with Crippen molar-refractivity contribution in [3.8, 4) is 0 Å². The van der Waals surface area contributed by atoms with Gasteiger partial charge in [-0.1, -0.05) is 77.7 Å². The molecule has 4 heterocycles. The number of allylic oxidation sites excluding steroid dienone is 4. The van der Waals surface area contributed by atoms with Gasteiger partial charge in [-0.3, -0.25) is 61.4 Å². The number of benzene rings is 3.